The fraction of sp³-hybridized carbons (Fsp3) is 0.400. The van der Waals surface area contributed by atoms with Crippen molar-refractivity contribution in [1.82, 2.24) is 0 Å². The fourth-order valence-electron chi connectivity index (χ4n) is 4.82. The van der Waals surface area contributed by atoms with Crippen molar-refractivity contribution in [2.24, 2.45) is 0 Å². The van der Waals surface area contributed by atoms with Crippen molar-refractivity contribution >= 4 is 5.97 Å². The molecule has 0 radical (unpaired) electrons. The molecule has 38 heavy (non-hydrogen) atoms. The highest BCUT2D eigenvalue weighted by atomic mass is 16.5. The smallest absolute Gasteiger partial charge is 0.333 e. The number of rotatable bonds is 14. The minimum Gasteiger partial charge on any atom is -0.462 e. The highest BCUT2D eigenvalue weighted by molar-refractivity contribution is 5.87. The normalized spacial score (nSPS) is 11.6. The second-order valence-electron chi connectivity index (χ2n) is 10.0. The molecular weight excluding hydrogens is 468 g/mol. The summed E-state index contributed by atoms with van der Waals surface area (Å²) in [5.41, 5.74) is 10.6. The van der Waals surface area contributed by atoms with Gasteiger partial charge < -0.3 is 9.84 Å². The predicted octanol–water partition coefficient (Wildman–Crippen LogP) is 8.29. The number of carbonyl (C=O) groups excluding carboxylic acids is 1. The molecule has 0 unspecified atom stereocenters. The van der Waals surface area contributed by atoms with Crippen LogP contribution in [0, 0.1) is 0 Å². The molecule has 0 aliphatic rings. The number of aliphatic hydroxyl groups excluding tert-OH is 1. The summed E-state index contributed by atoms with van der Waals surface area (Å²) in [6.07, 6.45) is 9.84. The molecule has 0 saturated heterocycles. The van der Waals surface area contributed by atoms with E-state index in [1.807, 2.05) is 6.92 Å². The first-order valence-corrected chi connectivity index (χ1v) is 14.3. The molecule has 1 N–H and O–H groups in total. The number of ether oxygens (including phenoxy) is 1. The van der Waals surface area contributed by atoms with E-state index in [0.717, 1.165) is 25.7 Å². The number of hydrogen-bond acceptors (Lipinski definition) is 3. The first kappa shape index (κ1) is 29.4. The van der Waals surface area contributed by atoms with Gasteiger partial charge in [0.05, 0.1) is 6.61 Å². The van der Waals surface area contributed by atoms with E-state index in [9.17, 15) is 9.90 Å². The zero-order valence-corrected chi connectivity index (χ0v) is 23.7. The van der Waals surface area contributed by atoms with E-state index in [1.54, 1.807) is 13.0 Å². The first-order valence-electron chi connectivity index (χ1n) is 14.3. The molecule has 0 atom stereocenters. The van der Waals surface area contributed by atoms with Gasteiger partial charge in [-0.2, -0.15) is 0 Å². The Morgan fingerprint density at radius 3 is 2.18 bits per heavy atom. The summed E-state index contributed by atoms with van der Waals surface area (Å²) in [4.78, 5) is 12.1. The van der Waals surface area contributed by atoms with Gasteiger partial charge in [0.1, 0.15) is 0 Å². The van der Waals surface area contributed by atoms with Crippen LogP contribution in [-0.4, -0.2) is 24.3 Å². The van der Waals surface area contributed by atoms with Crippen molar-refractivity contribution in [2.45, 2.75) is 79.1 Å². The number of aryl methyl sites for hydroxylation is 3. The van der Waals surface area contributed by atoms with Gasteiger partial charge in [0.2, 0.25) is 0 Å². The maximum Gasteiger partial charge on any atom is 0.333 e. The van der Waals surface area contributed by atoms with Crippen LogP contribution in [0.2, 0.25) is 0 Å². The topological polar surface area (TPSA) is 46.5 Å². The van der Waals surface area contributed by atoms with E-state index in [0.29, 0.717) is 18.6 Å². The van der Waals surface area contributed by atoms with Gasteiger partial charge >= 0.3 is 5.97 Å². The molecule has 3 aromatic carbocycles. The molecule has 0 bridgehead atoms. The number of aliphatic hydroxyl groups is 1. The van der Waals surface area contributed by atoms with Crippen LogP contribution in [0.15, 0.2) is 72.3 Å². The second kappa shape index (κ2) is 15.3. The fourth-order valence-corrected chi connectivity index (χ4v) is 4.82. The molecule has 202 valence electrons. The van der Waals surface area contributed by atoms with Crippen molar-refractivity contribution < 1.29 is 14.6 Å². The number of hydrogen-bond donors (Lipinski definition) is 1. The average molecular weight is 513 g/mol. The van der Waals surface area contributed by atoms with Crippen molar-refractivity contribution in [3.8, 4) is 22.3 Å². The molecule has 3 heteroatoms. The van der Waals surface area contributed by atoms with Gasteiger partial charge in [0.25, 0.3) is 0 Å². The Labute approximate surface area is 229 Å². The summed E-state index contributed by atoms with van der Waals surface area (Å²) in [6.45, 7) is 8.57. The largest absolute Gasteiger partial charge is 0.462 e. The lowest BCUT2D eigenvalue weighted by Gasteiger charge is -2.16. The Hall–Kier alpha value is -3.17. The quantitative estimate of drug-likeness (QED) is 0.134. The molecule has 3 nitrogen and oxygen atoms in total. The highest BCUT2D eigenvalue weighted by Crippen LogP contribution is 2.31. The summed E-state index contributed by atoms with van der Waals surface area (Å²) in [5.74, 6) is -0.265. The summed E-state index contributed by atoms with van der Waals surface area (Å²) < 4.78 is 5.49. The summed E-state index contributed by atoms with van der Waals surface area (Å²) >= 11 is 0. The second-order valence-corrected chi connectivity index (χ2v) is 10.0. The molecule has 0 spiro atoms. The van der Waals surface area contributed by atoms with Gasteiger partial charge in [-0.3, -0.25) is 0 Å². The molecule has 0 saturated carbocycles. The summed E-state index contributed by atoms with van der Waals surface area (Å²) in [5, 5.41) is 9.36. The van der Waals surface area contributed by atoms with Crippen LogP contribution in [0.3, 0.4) is 0 Å². The molecule has 3 aromatic rings. The molecule has 0 aliphatic heterocycles. The van der Waals surface area contributed by atoms with E-state index in [4.69, 9.17) is 4.74 Å². The van der Waals surface area contributed by atoms with E-state index >= 15 is 0 Å². The van der Waals surface area contributed by atoms with Crippen molar-refractivity contribution in [3.05, 3.63) is 94.6 Å². The summed E-state index contributed by atoms with van der Waals surface area (Å²) in [7, 11) is 0. The minimum absolute atomic E-state index is 0.165. The Morgan fingerprint density at radius 2 is 1.50 bits per heavy atom. The monoisotopic (exact) mass is 512 g/mol. The van der Waals surface area contributed by atoms with Crippen LogP contribution in [-0.2, 0) is 35.2 Å². The standard InChI is InChI=1S/C35H44O3/c1-5-8-9-11-27-13-15-30(16-14-27)31-19-20-34(28(7-3)24-31)33-18-17-29(12-10-22-36)32(25-33)21-23-38-35(37)26(4)6-2/h6,13-20,24-25,36H,5,7-12,21-23H2,1-4H3/b26-6-. The van der Waals surface area contributed by atoms with Gasteiger partial charge in [-0.05, 0) is 90.5 Å². The molecule has 0 aliphatic carbocycles. The summed E-state index contributed by atoms with van der Waals surface area (Å²) in [6, 6.07) is 22.4. The third-order valence-corrected chi connectivity index (χ3v) is 7.32. The van der Waals surface area contributed by atoms with Crippen molar-refractivity contribution in [1.29, 1.82) is 0 Å². The number of allylic oxidation sites excluding steroid dienone is 1. The van der Waals surface area contributed by atoms with Gasteiger partial charge in [-0.25, -0.2) is 4.79 Å². The third-order valence-electron chi connectivity index (χ3n) is 7.32. The Morgan fingerprint density at radius 1 is 0.789 bits per heavy atom. The molecule has 0 aromatic heterocycles. The first-order chi connectivity index (χ1) is 18.5. The Kier molecular flexibility index (Phi) is 11.8. The van der Waals surface area contributed by atoms with Gasteiger partial charge in [-0.15, -0.1) is 0 Å². The molecule has 0 fully saturated rings. The minimum atomic E-state index is -0.265. The maximum atomic E-state index is 12.1. The van der Waals surface area contributed by atoms with Crippen LogP contribution in [0.25, 0.3) is 22.3 Å². The zero-order chi connectivity index (χ0) is 27.3. The number of carbonyl (C=O) groups is 1. The molecule has 0 amide bonds. The van der Waals surface area contributed by atoms with E-state index in [2.05, 4.69) is 74.5 Å². The number of unbranched alkanes of at least 4 members (excludes halogenated alkanes) is 2. The average Bonchev–Trinajstić information content (AvgIpc) is 2.96. The van der Waals surface area contributed by atoms with Crippen molar-refractivity contribution in [3.63, 3.8) is 0 Å². The molecule has 3 rings (SSSR count). The SMILES string of the molecule is C/C=C(/C)C(=O)OCCc1cc(-c2ccc(-c3ccc(CCCCC)cc3)cc2CC)ccc1CCCO. The Bertz CT molecular complexity index is 1200. The predicted molar refractivity (Wildman–Crippen MR) is 159 cm³/mol. The zero-order valence-electron chi connectivity index (χ0n) is 23.7. The Balaban J connectivity index is 1.83. The van der Waals surface area contributed by atoms with Gasteiger partial charge in [0, 0.05) is 18.6 Å². The molecular formula is C35H44O3. The van der Waals surface area contributed by atoms with Gasteiger partial charge in [0.15, 0.2) is 0 Å². The van der Waals surface area contributed by atoms with E-state index < -0.39 is 0 Å². The third kappa shape index (κ3) is 8.16. The van der Waals surface area contributed by atoms with Crippen LogP contribution in [0.4, 0.5) is 0 Å². The highest BCUT2D eigenvalue weighted by Gasteiger charge is 2.12. The number of esters is 1. The lowest BCUT2D eigenvalue weighted by molar-refractivity contribution is -0.138. The van der Waals surface area contributed by atoms with E-state index in [1.165, 1.54) is 63.8 Å². The van der Waals surface area contributed by atoms with Crippen LogP contribution >= 0.6 is 0 Å². The van der Waals surface area contributed by atoms with E-state index in [-0.39, 0.29) is 12.6 Å². The lowest BCUT2D eigenvalue weighted by Crippen LogP contribution is -2.10. The molecule has 0 heterocycles. The van der Waals surface area contributed by atoms with Crippen molar-refractivity contribution in [2.75, 3.05) is 13.2 Å². The lowest BCUT2D eigenvalue weighted by atomic mass is 9.90. The van der Waals surface area contributed by atoms with Crippen LogP contribution in [0.1, 0.15) is 75.6 Å². The maximum absolute atomic E-state index is 12.1. The van der Waals surface area contributed by atoms with Crippen LogP contribution in [0.5, 0.6) is 0 Å². The number of benzene rings is 3. The van der Waals surface area contributed by atoms with Gasteiger partial charge in [-0.1, -0.05) is 93.4 Å². The van der Waals surface area contributed by atoms with Crippen LogP contribution < -0.4 is 0 Å².